The summed E-state index contributed by atoms with van der Waals surface area (Å²) in [5.41, 5.74) is 8.26. The van der Waals surface area contributed by atoms with E-state index in [1.165, 1.54) is 6.92 Å². The molecule has 3 N–H and O–H groups in total. The summed E-state index contributed by atoms with van der Waals surface area (Å²) < 4.78 is 5.27. The lowest BCUT2D eigenvalue weighted by molar-refractivity contribution is -0.144. The highest BCUT2D eigenvalue weighted by Gasteiger charge is 2.11. The van der Waals surface area contributed by atoms with Crippen molar-refractivity contribution in [3.8, 4) is 5.75 Å². The summed E-state index contributed by atoms with van der Waals surface area (Å²) in [6, 6.07) is 17.1. The number of carboxylic acids is 1. The Bertz CT molecular complexity index is 570. The van der Waals surface area contributed by atoms with Gasteiger partial charge in [0.25, 0.3) is 0 Å². The molecule has 0 aliphatic rings. The molecule has 0 aliphatic heterocycles. The number of ether oxygens (including phenoxy) is 1. The monoisotopic (exact) mass is 286 g/mol. The van der Waals surface area contributed by atoms with E-state index in [2.05, 4.69) is 10.9 Å². The third kappa shape index (κ3) is 4.81. The van der Waals surface area contributed by atoms with Gasteiger partial charge in [-0.15, -0.1) is 0 Å². The number of hydrazine groups is 1. The average molecular weight is 286 g/mol. The van der Waals surface area contributed by atoms with Crippen LogP contribution in [0, 0.1) is 0 Å². The Balaban J connectivity index is 1.81. The fraction of sp³-hybridized carbons (Fsp3) is 0.188. The third-order valence-electron chi connectivity index (χ3n) is 2.88. The molecule has 21 heavy (non-hydrogen) atoms. The first-order valence-electron chi connectivity index (χ1n) is 6.67. The molecule has 1 unspecified atom stereocenters. The van der Waals surface area contributed by atoms with E-state index in [9.17, 15) is 4.79 Å². The van der Waals surface area contributed by atoms with Crippen molar-refractivity contribution in [2.45, 2.75) is 19.6 Å². The molecule has 110 valence electrons. The molecule has 2 rings (SSSR count). The lowest BCUT2D eigenvalue weighted by Gasteiger charge is -2.11. The van der Waals surface area contributed by atoms with E-state index in [0.717, 1.165) is 11.3 Å². The molecule has 0 radical (unpaired) electrons. The zero-order chi connectivity index (χ0) is 15.1. The number of carboxylic acid groups (broad SMARTS) is 1. The second-order valence-corrected chi connectivity index (χ2v) is 4.59. The van der Waals surface area contributed by atoms with E-state index in [-0.39, 0.29) is 0 Å². The van der Waals surface area contributed by atoms with E-state index < -0.39 is 12.1 Å². The van der Waals surface area contributed by atoms with Gasteiger partial charge >= 0.3 is 5.97 Å². The van der Waals surface area contributed by atoms with Crippen molar-refractivity contribution in [1.29, 1.82) is 0 Å². The standard InChI is InChI=1S/C16H18N2O3/c1-12(16(19)20)21-15-9-7-13(8-10-15)11-17-18-14-5-3-2-4-6-14/h2-10,12,17-18H,11H2,1H3,(H,19,20). The van der Waals surface area contributed by atoms with Crippen LogP contribution in [-0.4, -0.2) is 17.2 Å². The van der Waals surface area contributed by atoms with Crippen molar-refractivity contribution < 1.29 is 14.6 Å². The molecule has 0 amide bonds. The molecule has 0 fully saturated rings. The molecule has 2 aromatic rings. The first-order valence-corrected chi connectivity index (χ1v) is 6.67. The van der Waals surface area contributed by atoms with Crippen molar-refractivity contribution in [1.82, 2.24) is 5.43 Å². The Kier molecular flexibility index (Phi) is 5.17. The van der Waals surface area contributed by atoms with Crippen LogP contribution in [0.4, 0.5) is 5.69 Å². The highest BCUT2D eigenvalue weighted by molar-refractivity contribution is 5.72. The number of hydrogen-bond acceptors (Lipinski definition) is 4. The smallest absolute Gasteiger partial charge is 0.344 e. The first-order chi connectivity index (χ1) is 10.1. The van der Waals surface area contributed by atoms with Crippen LogP contribution in [0.25, 0.3) is 0 Å². The van der Waals surface area contributed by atoms with Crippen molar-refractivity contribution in [3.05, 3.63) is 60.2 Å². The number of para-hydroxylation sites is 1. The number of anilines is 1. The maximum atomic E-state index is 10.7. The number of hydrogen-bond donors (Lipinski definition) is 3. The van der Waals surface area contributed by atoms with Crippen molar-refractivity contribution in [3.63, 3.8) is 0 Å². The SMILES string of the molecule is CC(Oc1ccc(CNNc2ccccc2)cc1)C(=O)O. The summed E-state index contributed by atoms with van der Waals surface area (Å²) in [6.45, 7) is 2.14. The van der Waals surface area contributed by atoms with Crippen molar-refractivity contribution >= 4 is 11.7 Å². The van der Waals surface area contributed by atoms with Gasteiger partial charge in [0.1, 0.15) is 5.75 Å². The lowest BCUT2D eigenvalue weighted by atomic mass is 10.2. The number of benzene rings is 2. The number of aliphatic carboxylic acids is 1. The average Bonchev–Trinajstić information content (AvgIpc) is 2.50. The van der Waals surface area contributed by atoms with Crippen LogP contribution in [-0.2, 0) is 11.3 Å². The van der Waals surface area contributed by atoms with Crippen LogP contribution in [0.5, 0.6) is 5.75 Å². The number of nitrogens with one attached hydrogen (secondary N) is 2. The van der Waals surface area contributed by atoms with Crippen molar-refractivity contribution in [2.75, 3.05) is 5.43 Å². The predicted molar refractivity (Wildman–Crippen MR) is 81.1 cm³/mol. The van der Waals surface area contributed by atoms with Gasteiger partial charge in [-0.2, -0.15) is 0 Å². The molecular weight excluding hydrogens is 268 g/mol. The molecule has 0 spiro atoms. The summed E-state index contributed by atoms with van der Waals surface area (Å²) in [7, 11) is 0. The molecule has 5 nitrogen and oxygen atoms in total. The number of rotatable bonds is 7. The summed E-state index contributed by atoms with van der Waals surface area (Å²) in [6.07, 6.45) is -0.853. The Morgan fingerprint density at radius 3 is 2.43 bits per heavy atom. The minimum atomic E-state index is -0.979. The molecule has 0 bridgehead atoms. The minimum Gasteiger partial charge on any atom is -0.479 e. The van der Waals surface area contributed by atoms with Gasteiger partial charge in [-0.3, -0.25) is 0 Å². The lowest BCUT2D eigenvalue weighted by Crippen LogP contribution is -2.23. The molecular formula is C16H18N2O3. The maximum Gasteiger partial charge on any atom is 0.344 e. The van der Waals surface area contributed by atoms with E-state index >= 15 is 0 Å². The largest absolute Gasteiger partial charge is 0.479 e. The van der Waals surface area contributed by atoms with Gasteiger partial charge in [-0.05, 0) is 36.8 Å². The van der Waals surface area contributed by atoms with E-state index in [0.29, 0.717) is 12.3 Å². The second-order valence-electron chi connectivity index (χ2n) is 4.59. The van der Waals surface area contributed by atoms with Gasteiger partial charge in [0.15, 0.2) is 6.10 Å². The quantitative estimate of drug-likeness (QED) is 0.683. The third-order valence-corrected chi connectivity index (χ3v) is 2.88. The van der Waals surface area contributed by atoms with E-state index in [4.69, 9.17) is 9.84 Å². The Labute approximate surface area is 123 Å². The van der Waals surface area contributed by atoms with Crippen LogP contribution < -0.4 is 15.6 Å². The van der Waals surface area contributed by atoms with Crippen molar-refractivity contribution in [2.24, 2.45) is 0 Å². The normalized spacial score (nSPS) is 11.7. The zero-order valence-electron chi connectivity index (χ0n) is 11.7. The molecule has 1 atom stereocenters. The molecule has 0 heterocycles. The summed E-state index contributed by atoms with van der Waals surface area (Å²) >= 11 is 0. The van der Waals surface area contributed by atoms with Gasteiger partial charge in [0.2, 0.25) is 0 Å². The van der Waals surface area contributed by atoms with E-state index in [1.54, 1.807) is 12.1 Å². The Morgan fingerprint density at radius 1 is 1.14 bits per heavy atom. The van der Waals surface area contributed by atoms with Crippen LogP contribution in [0.2, 0.25) is 0 Å². The topological polar surface area (TPSA) is 70.6 Å². The van der Waals surface area contributed by atoms with Crippen LogP contribution >= 0.6 is 0 Å². The maximum absolute atomic E-state index is 10.7. The Hall–Kier alpha value is -2.53. The molecule has 0 saturated carbocycles. The highest BCUT2D eigenvalue weighted by Crippen LogP contribution is 2.14. The first kappa shape index (κ1) is 14.9. The van der Waals surface area contributed by atoms with E-state index in [1.807, 2.05) is 42.5 Å². The van der Waals surface area contributed by atoms with Gasteiger partial charge in [0, 0.05) is 12.2 Å². The highest BCUT2D eigenvalue weighted by atomic mass is 16.5. The predicted octanol–water partition coefficient (Wildman–Crippen LogP) is 2.66. The van der Waals surface area contributed by atoms with Gasteiger partial charge in [-0.1, -0.05) is 30.3 Å². The fourth-order valence-electron chi connectivity index (χ4n) is 1.71. The van der Waals surface area contributed by atoms with Gasteiger partial charge in [-0.25, -0.2) is 10.2 Å². The summed E-state index contributed by atoms with van der Waals surface area (Å²) in [5.74, 6) is -0.433. The molecule has 0 aromatic heterocycles. The van der Waals surface area contributed by atoms with Gasteiger partial charge < -0.3 is 15.3 Å². The fourth-order valence-corrected chi connectivity index (χ4v) is 1.71. The molecule has 0 saturated heterocycles. The van der Waals surface area contributed by atoms with Crippen LogP contribution in [0.3, 0.4) is 0 Å². The minimum absolute atomic E-state index is 0.546. The number of carbonyl (C=O) groups is 1. The van der Waals surface area contributed by atoms with Crippen LogP contribution in [0.1, 0.15) is 12.5 Å². The molecule has 5 heteroatoms. The summed E-state index contributed by atoms with van der Waals surface area (Å²) in [4.78, 5) is 10.7. The van der Waals surface area contributed by atoms with Crippen LogP contribution in [0.15, 0.2) is 54.6 Å². The summed E-state index contributed by atoms with van der Waals surface area (Å²) in [5, 5.41) is 8.78. The molecule has 0 aliphatic carbocycles. The zero-order valence-corrected chi connectivity index (χ0v) is 11.7. The van der Waals surface area contributed by atoms with Gasteiger partial charge in [0.05, 0.1) is 0 Å². The second kappa shape index (κ2) is 7.31. The Morgan fingerprint density at radius 2 is 1.81 bits per heavy atom. The molecule has 2 aromatic carbocycles.